The van der Waals surface area contributed by atoms with Crippen LogP contribution in [0.25, 0.3) is 0 Å². The van der Waals surface area contributed by atoms with Crippen LogP contribution in [0, 0.1) is 0 Å². The highest BCUT2D eigenvalue weighted by atomic mass is 19.4. The van der Waals surface area contributed by atoms with Gasteiger partial charge in [0.15, 0.2) is 0 Å². The Kier molecular flexibility index (Phi) is 5.55. The fourth-order valence-electron chi connectivity index (χ4n) is 0.963. The molecule has 0 aromatic heterocycles. The minimum atomic E-state index is -4.12. The molecule has 1 atom stereocenters. The lowest BCUT2D eigenvalue weighted by Gasteiger charge is -2.25. The first-order valence-electron chi connectivity index (χ1n) is 4.84. The molecule has 0 aliphatic rings. The van der Waals surface area contributed by atoms with Crippen LogP contribution in [0.4, 0.5) is 13.2 Å². The Balaban J connectivity index is 3.71. The van der Waals surface area contributed by atoms with Crippen LogP contribution >= 0.6 is 0 Å². The quantitative estimate of drug-likeness (QED) is 0.712. The van der Waals surface area contributed by atoms with Gasteiger partial charge in [-0.05, 0) is 20.4 Å². The first kappa shape index (κ1) is 14.7. The second-order valence-corrected chi connectivity index (χ2v) is 4.12. The summed E-state index contributed by atoms with van der Waals surface area (Å²) in [6.07, 6.45) is -4.57. The minimum absolute atomic E-state index is 0.0514. The Hall–Kier alpha value is -0.330. The molecule has 0 fully saturated rings. The van der Waals surface area contributed by atoms with Crippen molar-refractivity contribution in [3.05, 3.63) is 0 Å². The molecule has 1 unspecified atom stereocenters. The van der Waals surface area contributed by atoms with Gasteiger partial charge in [0.05, 0.1) is 12.0 Å². The summed E-state index contributed by atoms with van der Waals surface area (Å²) in [5.74, 6) is 0. The average molecular weight is 228 g/mol. The van der Waals surface area contributed by atoms with E-state index < -0.39 is 18.2 Å². The third kappa shape index (κ3) is 8.65. The van der Waals surface area contributed by atoms with Gasteiger partial charge in [0.1, 0.15) is 0 Å². The molecule has 0 saturated heterocycles. The molecule has 0 aromatic rings. The summed E-state index contributed by atoms with van der Waals surface area (Å²) in [4.78, 5) is 1.54. The van der Waals surface area contributed by atoms with Crippen molar-refractivity contribution in [2.45, 2.75) is 31.5 Å². The van der Waals surface area contributed by atoms with E-state index in [2.05, 4.69) is 0 Å². The van der Waals surface area contributed by atoms with Gasteiger partial charge < -0.3 is 15.7 Å². The molecule has 92 valence electrons. The van der Waals surface area contributed by atoms with Gasteiger partial charge in [-0.25, -0.2) is 0 Å². The zero-order valence-electron chi connectivity index (χ0n) is 9.14. The topological polar surface area (TPSA) is 49.5 Å². The normalized spacial score (nSPS) is 16.8. The summed E-state index contributed by atoms with van der Waals surface area (Å²) >= 11 is 0. The lowest BCUT2D eigenvalue weighted by atomic mass is 10.0. The van der Waals surface area contributed by atoms with Crippen LogP contribution in [0.2, 0.25) is 0 Å². The number of hydrogen-bond donors (Lipinski definition) is 2. The molecule has 15 heavy (non-hydrogen) atoms. The molecule has 0 bridgehead atoms. The SMILES string of the molecule is CN(CCC(F)(F)F)CCC(C)(O)CN. The van der Waals surface area contributed by atoms with E-state index in [4.69, 9.17) is 5.73 Å². The fourth-order valence-corrected chi connectivity index (χ4v) is 0.963. The van der Waals surface area contributed by atoms with Crippen LogP contribution < -0.4 is 5.73 Å². The molecule has 0 aliphatic carbocycles. The second-order valence-electron chi connectivity index (χ2n) is 4.12. The molecule has 0 radical (unpaired) electrons. The van der Waals surface area contributed by atoms with Crippen molar-refractivity contribution in [1.82, 2.24) is 4.90 Å². The highest BCUT2D eigenvalue weighted by Crippen LogP contribution is 2.19. The molecule has 0 amide bonds. The van der Waals surface area contributed by atoms with Crippen molar-refractivity contribution in [1.29, 1.82) is 0 Å². The lowest BCUT2D eigenvalue weighted by molar-refractivity contribution is -0.137. The zero-order chi connectivity index (χ0) is 12.1. The predicted octanol–water partition coefficient (Wildman–Crippen LogP) is 0.970. The maximum absolute atomic E-state index is 11.9. The third-order valence-electron chi connectivity index (χ3n) is 2.25. The fraction of sp³-hybridized carbons (Fsp3) is 1.00. The number of rotatable bonds is 6. The molecular weight excluding hydrogens is 209 g/mol. The summed E-state index contributed by atoms with van der Waals surface area (Å²) < 4.78 is 35.6. The van der Waals surface area contributed by atoms with Gasteiger partial charge in [-0.15, -0.1) is 0 Å². The third-order valence-corrected chi connectivity index (χ3v) is 2.25. The summed E-state index contributed by atoms with van der Waals surface area (Å²) in [5, 5.41) is 9.53. The first-order valence-corrected chi connectivity index (χ1v) is 4.84. The van der Waals surface area contributed by atoms with E-state index in [9.17, 15) is 18.3 Å². The Bertz CT molecular complexity index is 183. The maximum atomic E-state index is 11.9. The molecule has 0 saturated carbocycles. The summed E-state index contributed by atoms with van der Waals surface area (Å²) in [6.45, 7) is 2.04. The average Bonchev–Trinajstić information content (AvgIpc) is 2.10. The van der Waals surface area contributed by atoms with Crippen LogP contribution in [0.3, 0.4) is 0 Å². The largest absolute Gasteiger partial charge is 0.390 e. The number of aliphatic hydroxyl groups is 1. The number of nitrogens with zero attached hydrogens (tertiary/aromatic N) is 1. The van der Waals surface area contributed by atoms with E-state index >= 15 is 0 Å². The van der Waals surface area contributed by atoms with Crippen molar-refractivity contribution in [2.24, 2.45) is 5.73 Å². The van der Waals surface area contributed by atoms with Crippen LogP contribution in [0.5, 0.6) is 0 Å². The Morgan fingerprint density at radius 3 is 2.07 bits per heavy atom. The lowest BCUT2D eigenvalue weighted by Crippen LogP contribution is -2.38. The van der Waals surface area contributed by atoms with E-state index in [0.29, 0.717) is 13.0 Å². The molecule has 6 heteroatoms. The van der Waals surface area contributed by atoms with Crippen molar-refractivity contribution in [3.63, 3.8) is 0 Å². The summed E-state index contributed by atoms with van der Waals surface area (Å²) in [5.41, 5.74) is 4.29. The molecular formula is C9H19F3N2O. The highest BCUT2D eigenvalue weighted by Gasteiger charge is 2.27. The van der Waals surface area contributed by atoms with Crippen molar-refractivity contribution in [3.8, 4) is 0 Å². The Morgan fingerprint density at radius 2 is 1.67 bits per heavy atom. The van der Waals surface area contributed by atoms with Crippen LogP contribution in [0.15, 0.2) is 0 Å². The van der Waals surface area contributed by atoms with Crippen molar-refractivity contribution < 1.29 is 18.3 Å². The standard InChI is InChI=1S/C9H19F3N2O/c1-8(15,7-13)3-5-14(2)6-4-9(10,11)12/h15H,3-7,13H2,1-2H3. The minimum Gasteiger partial charge on any atom is -0.389 e. The Morgan fingerprint density at radius 1 is 1.20 bits per heavy atom. The van der Waals surface area contributed by atoms with Gasteiger partial charge in [-0.3, -0.25) is 0 Å². The van der Waals surface area contributed by atoms with E-state index in [1.807, 2.05) is 0 Å². The second kappa shape index (κ2) is 5.67. The van der Waals surface area contributed by atoms with E-state index in [-0.39, 0.29) is 13.1 Å². The molecule has 0 heterocycles. The molecule has 0 aliphatic heterocycles. The first-order chi connectivity index (χ1) is 6.66. The number of halogens is 3. The van der Waals surface area contributed by atoms with Crippen molar-refractivity contribution >= 4 is 0 Å². The maximum Gasteiger partial charge on any atom is 0.390 e. The van der Waals surface area contributed by atoms with Gasteiger partial charge in [0, 0.05) is 19.6 Å². The Labute approximate surface area is 88.0 Å². The van der Waals surface area contributed by atoms with Crippen LogP contribution in [-0.4, -0.2) is 48.5 Å². The molecule has 0 spiro atoms. The van der Waals surface area contributed by atoms with Gasteiger partial charge in [0.2, 0.25) is 0 Å². The van der Waals surface area contributed by atoms with Gasteiger partial charge in [-0.2, -0.15) is 13.2 Å². The zero-order valence-corrected chi connectivity index (χ0v) is 9.14. The highest BCUT2D eigenvalue weighted by molar-refractivity contribution is 4.74. The summed E-state index contributed by atoms with van der Waals surface area (Å²) in [6, 6.07) is 0. The molecule has 3 nitrogen and oxygen atoms in total. The van der Waals surface area contributed by atoms with E-state index in [1.165, 1.54) is 4.90 Å². The molecule has 0 aromatic carbocycles. The van der Waals surface area contributed by atoms with Gasteiger partial charge in [-0.1, -0.05) is 0 Å². The van der Waals surface area contributed by atoms with Crippen LogP contribution in [0.1, 0.15) is 19.8 Å². The number of nitrogens with two attached hydrogens (primary N) is 1. The molecule has 3 N–H and O–H groups in total. The van der Waals surface area contributed by atoms with Gasteiger partial charge >= 0.3 is 6.18 Å². The van der Waals surface area contributed by atoms with Crippen LogP contribution in [-0.2, 0) is 0 Å². The monoisotopic (exact) mass is 228 g/mol. The van der Waals surface area contributed by atoms with E-state index in [1.54, 1.807) is 14.0 Å². The molecule has 0 rings (SSSR count). The van der Waals surface area contributed by atoms with E-state index in [0.717, 1.165) is 0 Å². The smallest absolute Gasteiger partial charge is 0.389 e. The van der Waals surface area contributed by atoms with Crippen molar-refractivity contribution in [2.75, 3.05) is 26.7 Å². The summed E-state index contributed by atoms with van der Waals surface area (Å²) in [7, 11) is 1.60. The van der Waals surface area contributed by atoms with Gasteiger partial charge in [0.25, 0.3) is 0 Å². The predicted molar refractivity (Wildman–Crippen MR) is 52.5 cm³/mol. The number of hydrogen-bond acceptors (Lipinski definition) is 3. The number of alkyl halides is 3.